The second-order valence-electron chi connectivity index (χ2n) is 4.39. The molecular formula is C12H16N4. The molecule has 1 unspecified atom stereocenters. The Hall–Kier alpha value is -1.42. The van der Waals surface area contributed by atoms with Crippen LogP contribution in [0.5, 0.6) is 0 Å². The van der Waals surface area contributed by atoms with Gasteiger partial charge in [-0.1, -0.05) is 6.42 Å². The normalized spacial score (nSPS) is 22.1. The molecule has 84 valence electrons. The number of hydrogen-bond acceptors (Lipinski definition) is 3. The summed E-state index contributed by atoms with van der Waals surface area (Å²) in [6.45, 7) is 2.16. The van der Waals surface area contributed by atoms with Gasteiger partial charge in [-0.2, -0.15) is 0 Å². The molecule has 2 aromatic heterocycles. The minimum Gasteiger partial charge on any atom is -0.326 e. The van der Waals surface area contributed by atoms with Crippen molar-refractivity contribution in [1.82, 2.24) is 20.3 Å². The molecule has 0 amide bonds. The molecule has 3 rings (SSSR count). The lowest BCUT2D eigenvalue weighted by atomic mass is 10.0. The SMILES string of the molecule is c1cnc2[nH]c(C3CCCCNC3)nc2c1. The van der Waals surface area contributed by atoms with Crippen LogP contribution in [0.3, 0.4) is 0 Å². The largest absolute Gasteiger partial charge is 0.326 e. The third-order valence-electron chi connectivity index (χ3n) is 3.21. The Labute approximate surface area is 94.5 Å². The molecule has 0 aromatic carbocycles. The molecule has 4 nitrogen and oxygen atoms in total. The van der Waals surface area contributed by atoms with Gasteiger partial charge in [0.05, 0.1) is 0 Å². The summed E-state index contributed by atoms with van der Waals surface area (Å²) in [6, 6.07) is 3.94. The van der Waals surface area contributed by atoms with E-state index in [1.807, 2.05) is 12.1 Å². The fourth-order valence-electron chi connectivity index (χ4n) is 2.31. The molecule has 1 atom stereocenters. The highest BCUT2D eigenvalue weighted by molar-refractivity contribution is 5.70. The van der Waals surface area contributed by atoms with Crippen LogP contribution in [-0.4, -0.2) is 28.0 Å². The van der Waals surface area contributed by atoms with Gasteiger partial charge in [0.15, 0.2) is 5.65 Å². The molecule has 2 N–H and O–H groups in total. The van der Waals surface area contributed by atoms with Crippen LogP contribution in [0.25, 0.3) is 11.2 Å². The van der Waals surface area contributed by atoms with Crippen molar-refractivity contribution in [1.29, 1.82) is 0 Å². The van der Waals surface area contributed by atoms with Crippen LogP contribution in [0.2, 0.25) is 0 Å². The molecular weight excluding hydrogens is 200 g/mol. The lowest BCUT2D eigenvalue weighted by molar-refractivity contribution is 0.585. The van der Waals surface area contributed by atoms with Gasteiger partial charge in [0, 0.05) is 18.7 Å². The van der Waals surface area contributed by atoms with Crippen molar-refractivity contribution in [2.24, 2.45) is 0 Å². The number of nitrogens with one attached hydrogen (secondary N) is 2. The molecule has 0 saturated carbocycles. The van der Waals surface area contributed by atoms with Crippen molar-refractivity contribution < 1.29 is 0 Å². The fraction of sp³-hybridized carbons (Fsp3) is 0.500. The summed E-state index contributed by atoms with van der Waals surface area (Å²) in [5.74, 6) is 1.60. The van der Waals surface area contributed by atoms with E-state index in [0.29, 0.717) is 5.92 Å². The van der Waals surface area contributed by atoms with Crippen molar-refractivity contribution in [3.63, 3.8) is 0 Å². The van der Waals surface area contributed by atoms with Gasteiger partial charge in [-0.15, -0.1) is 0 Å². The Morgan fingerprint density at radius 2 is 2.31 bits per heavy atom. The fourth-order valence-corrected chi connectivity index (χ4v) is 2.31. The van der Waals surface area contributed by atoms with E-state index in [2.05, 4.69) is 20.3 Å². The van der Waals surface area contributed by atoms with Crippen molar-refractivity contribution in [3.05, 3.63) is 24.2 Å². The third-order valence-corrected chi connectivity index (χ3v) is 3.21. The third kappa shape index (κ3) is 1.80. The van der Waals surface area contributed by atoms with E-state index in [0.717, 1.165) is 30.1 Å². The summed E-state index contributed by atoms with van der Waals surface area (Å²) in [7, 11) is 0. The number of aromatic amines is 1. The molecule has 2 aromatic rings. The topological polar surface area (TPSA) is 53.6 Å². The minimum absolute atomic E-state index is 0.511. The molecule has 0 bridgehead atoms. The Morgan fingerprint density at radius 3 is 3.25 bits per heavy atom. The Kier molecular flexibility index (Phi) is 2.58. The van der Waals surface area contributed by atoms with Gasteiger partial charge in [-0.25, -0.2) is 9.97 Å². The average Bonchev–Trinajstić information content (AvgIpc) is 2.56. The number of imidazole rings is 1. The summed E-state index contributed by atoms with van der Waals surface area (Å²) in [5.41, 5.74) is 1.88. The molecule has 1 aliphatic heterocycles. The first-order chi connectivity index (χ1) is 7.93. The summed E-state index contributed by atoms with van der Waals surface area (Å²) in [4.78, 5) is 12.2. The maximum absolute atomic E-state index is 4.62. The maximum atomic E-state index is 4.62. The van der Waals surface area contributed by atoms with E-state index >= 15 is 0 Å². The van der Waals surface area contributed by atoms with Gasteiger partial charge in [0.2, 0.25) is 0 Å². The van der Waals surface area contributed by atoms with E-state index in [1.54, 1.807) is 6.20 Å². The predicted octanol–water partition coefficient (Wildman–Crippen LogP) is 1.81. The zero-order valence-electron chi connectivity index (χ0n) is 9.24. The molecule has 1 saturated heterocycles. The van der Waals surface area contributed by atoms with Gasteiger partial charge in [-0.3, -0.25) is 0 Å². The quantitative estimate of drug-likeness (QED) is 0.764. The zero-order valence-corrected chi connectivity index (χ0v) is 9.24. The van der Waals surface area contributed by atoms with Crippen molar-refractivity contribution in [2.45, 2.75) is 25.2 Å². The number of aromatic nitrogens is 3. The average molecular weight is 216 g/mol. The van der Waals surface area contributed by atoms with Crippen LogP contribution in [0.15, 0.2) is 18.3 Å². The van der Waals surface area contributed by atoms with Crippen LogP contribution in [0, 0.1) is 0 Å². The minimum atomic E-state index is 0.511. The number of nitrogens with zero attached hydrogens (tertiary/aromatic N) is 2. The van der Waals surface area contributed by atoms with Crippen LogP contribution in [-0.2, 0) is 0 Å². The van der Waals surface area contributed by atoms with Gasteiger partial charge >= 0.3 is 0 Å². The summed E-state index contributed by atoms with van der Waals surface area (Å²) in [5, 5.41) is 3.46. The van der Waals surface area contributed by atoms with E-state index in [1.165, 1.54) is 19.3 Å². The van der Waals surface area contributed by atoms with E-state index in [9.17, 15) is 0 Å². The first kappa shape index (κ1) is 9.78. The van der Waals surface area contributed by atoms with Crippen LogP contribution < -0.4 is 5.32 Å². The molecule has 1 aliphatic rings. The smallest absolute Gasteiger partial charge is 0.157 e. The number of hydrogen-bond donors (Lipinski definition) is 2. The summed E-state index contributed by atoms with van der Waals surface area (Å²) < 4.78 is 0. The lowest BCUT2D eigenvalue weighted by Crippen LogP contribution is -2.20. The van der Waals surface area contributed by atoms with Gasteiger partial charge in [0.25, 0.3) is 0 Å². The van der Waals surface area contributed by atoms with Crippen LogP contribution >= 0.6 is 0 Å². The van der Waals surface area contributed by atoms with Crippen LogP contribution in [0.1, 0.15) is 31.0 Å². The summed E-state index contributed by atoms with van der Waals surface area (Å²) in [6.07, 6.45) is 5.57. The second kappa shape index (κ2) is 4.22. The first-order valence-electron chi connectivity index (χ1n) is 5.95. The van der Waals surface area contributed by atoms with Crippen LogP contribution in [0.4, 0.5) is 0 Å². The molecule has 0 radical (unpaired) electrons. The van der Waals surface area contributed by atoms with Gasteiger partial charge < -0.3 is 10.3 Å². The Morgan fingerprint density at radius 1 is 1.31 bits per heavy atom. The molecule has 1 fully saturated rings. The molecule has 3 heterocycles. The molecule has 0 spiro atoms. The molecule has 4 heteroatoms. The highest BCUT2D eigenvalue weighted by Gasteiger charge is 2.17. The standard InChI is InChI=1S/C12H16N4/c1-2-6-13-8-9(4-1)11-15-10-5-3-7-14-12(10)16-11/h3,5,7,9,13H,1-2,4,6,8H2,(H,14,15,16). The highest BCUT2D eigenvalue weighted by atomic mass is 15.0. The van der Waals surface area contributed by atoms with Gasteiger partial charge in [-0.05, 0) is 31.5 Å². The maximum Gasteiger partial charge on any atom is 0.157 e. The predicted molar refractivity (Wildman–Crippen MR) is 63.4 cm³/mol. The van der Waals surface area contributed by atoms with E-state index < -0.39 is 0 Å². The van der Waals surface area contributed by atoms with Crippen molar-refractivity contribution >= 4 is 11.2 Å². The monoisotopic (exact) mass is 216 g/mol. The first-order valence-corrected chi connectivity index (χ1v) is 5.95. The Bertz CT molecular complexity index is 436. The van der Waals surface area contributed by atoms with Gasteiger partial charge in [0.1, 0.15) is 11.3 Å². The summed E-state index contributed by atoms with van der Waals surface area (Å²) >= 11 is 0. The van der Waals surface area contributed by atoms with Crippen molar-refractivity contribution in [2.75, 3.05) is 13.1 Å². The number of H-pyrrole nitrogens is 1. The van der Waals surface area contributed by atoms with E-state index in [-0.39, 0.29) is 0 Å². The lowest BCUT2D eigenvalue weighted by Gasteiger charge is -2.10. The second-order valence-corrected chi connectivity index (χ2v) is 4.39. The number of pyridine rings is 1. The van der Waals surface area contributed by atoms with Crippen molar-refractivity contribution in [3.8, 4) is 0 Å². The number of fused-ring (bicyclic) bond motifs is 1. The van der Waals surface area contributed by atoms with E-state index in [4.69, 9.17) is 0 Å². The zero-order chi connectivity index (χ0) is 10.8. The number of rotatable bonds is 1. The highest BCUT2D eigenvalue weighted by Crippen LogP contribution is 2.22. The molecule has 0 aliphatic carbocycles. The Balaban J connectivity index is 1.92. The molecule has 16 heavy (non-hydrogen) atoms.